The van der Waals surface area contributed by atoms with Crippen molar-refractivity contribution in [3.05, 3.63) is 59.2 Å². The molecule has 0 unspecified atom stereocenters. The van der Waals surface area contributed by atoms with Crippen LogP contribution in [0, 0.1) is 22.7 Å². The maximum atomic E-state index is 9.11. The first-order chi connectivity index (χ1) is 10.2. The SMILES string of the molecule is COc1ccc(CN(C)c2ccc(C#N)cc2)cc1C#N. The second-order valence-corrected chi connectivity index (χ2v) is 4.66. The van der Waals surface area contributed by atoms with Gasteiger partial charge < -0.3 is 9.64 Å². The summed E-state index contributed by atoms with van der Waals surface area (Å²) in [4.78, 5) is 2.06. The van der Waals surface area contributed by atoms with E-state index in [0.717, 1.165) is 11.3 Å². The molecule has 0 aliphatic heterocycles. The molecule has 2 aromatic carbocycles. The van der Waals surface area contributed by atoms with Crippen molar-refractivity contribution in [2.75, 3.05) is 19.1 Å². The second-order valence-electron chi connectivity index (χ2n) is 4.66. The van der Waals surface area contributed by atoms with Crippen LogP contribution in [0.1, 0.15) is 16.7 Å². The van der Waals surface area contributed by atoms with Crippen molar-refractivity contribution in [2.24, 2.45) is 0 Å². The summed E-state index contributed by atoms with van der Waals surface area (Å²) in [6.45, 7) is 0.671. The molecule has 0 N–H and O–H groups in total. The van der Waals surface area contributed by atoms with Crippen LogP contribution in [-0.2, 0) is 6.54 Å². The fourth-order valence-corrected chi connectivity index (χ4v) is 2.10. The summed E-state index contributed by atoms with van der Waals surface area (Å²) in [6, 6.07) is 17.2. The molecular weight excluding hydrogens is 262 g/mol. The Balaban J connectivity index is 2.17. The summed E-state index contributed by atoms with van der Waals surface area (Å²) >= 11 is 0. The smallest absolute Gasteiger partial charge is 0.136 e. The lowest BCUT2D eigenvalue weighted by Crippen LogP contribution is -2.16. The number of methoxy groups -OCH3 is 1. The van der Waals surface area contributed by atoms with Crippen LogP contribution in [0.25, 0.3) is 0 Å². The van der Waals surface area contributed by atoms with Crippen LogP contribution in [-0.4, -0.2) is 14.2 Å². The van der Waals surface area contributed by atoms with Crippen molar-refractivity contribution in [3.63, 3.8) is 0 Å². The van der Waals surface area contributed by atoms with Crippen LogP contribution in [0.4, 0.5) is 5.69 Å². The molecule has 104 valence electrons. The Hall–Kier alpha value is -2.98. The molecule has 0 bridgehead atoms. The molecule has 0 aliphatic rings. The summed E-state index contributed by atoms with van der Waals surface area (Å²) in [6.07, 6.45) is 0. The number of rotatable bonds is 4. The minimum absolute atomic E-state index is 0.531. The summed E-state index contributed by atoms with van der Waals surface area (Å²) in [5.41, 5.74) is 3.22. The predicted molar refractivity (Wildman–Crippen MR) is 81.0 cm³/mol. The van der Waals surface area contributed by atoms with Crippen molar-refractivity contribution in [3.8, 4) is 17.9 Å². The van der Waals surface area contributed by atoms with Gasteiger partial charge in [-0.1, -0.05) is 6.07 Å². The lowest BCUT2D eigenvalue weighted by Gasteiger charge is -2.19. The molecule has 2 rings (SSSR count). The zero-order chi connectivity index (χ0) is 15.2. The number of nitrogens with zero attached hydrogens (tertiary/aromatic N) is 3. The number of hydrogen-bond acceptors (Lipinski definition) is 4. The fraction of sp³-hybridized carbons (Fsp3) is 0.176. The average Bonchev–Trinajstić information content (AvgIpc) is 2.54. The molecule has 0 saturated heterocycles. The van der Waals surface area contributed by atoms with Crippen molar-refractivity contribution in [1.82, 2.24) is 0 Å². The van der Waals surface area contributed by atoms with Gasteiger partial charge in [0.25, 0.3) is 0 Å². The highest BCUT2D eigenvalue weighted by atomic mass is 16.5. The van der Waals surface area contributed by atoms with E-state index in [0.29, 0.717) is 23.4 Å². The normalized spacial score (nSPS) is 9.52. The van der Waals surface area contributed by atoms with Gasteiger partial charge in [0.05, 0.1) is 24.3 Å². The zero-order valence-corrected chi connectivity index (χ0v) is 12.0. The Morgan fingerprint density at radius 2 is 1.76 bits per heavy atom. The standard InChI is InChI=1S/C17H15N3O/c1-20(16-6-3-13(10-18)4-7-16)12-14-5-8-17(21-2)15(9-14)11-19/h3-9H,12H2,1-2H3. The first-order valence-corrected chi connectivity index (χ1v) is 6.46. The largest absolute Gasteiger partial charge is 0.495 e. The second kappa shape index (κ2) is 6.45. The van der Waals surface area contributed by atoms with Crippen LogP contribution in [0.5, 0.6) is 5.75 Å². The van der Waals surface area contributed by atoms with Gasteiger partial charge in [-0.15, -0.1) is 0 Å². The van der Waals surface area contributed by atoms with E-state index in [9.17, 15) is 0 Å². The maximum absolute atomic E-state index is 9.11. The van der Waals surface area contributed by atoms with Crippen LogP contribution in [0.2, 0.25) is 0 Å². The molecule has 0 aromatic heterocycles. The summed E-state index contributed by atoms with van der Waals surface area (Å²) < 4.78 is 5.14. The van der Waals surface area contributed by atoms with Crippen LogP contribution in [0.15, 0.2) is 42.5 Å². The Kier molecular flexibility index (Phi) is 4.43. The van der Waals surface area contributed by atoms with E-state index in [-0.39, 0.29) is 0 Å². The molecule has 0 fully saturated rings. The van der Waals surface area contributed by atoms with Gasteiger partial charge in [0, 0.05) is 19.3 Å². The molecule has 0 amide bonds. The predicted octanol–water partition coefficient (Wildman–Crippen LogP) is 3.07. The lowest BCUT2D eigenvalue weighted by atomic mass is 10.1. The first-order valence-electron chi connectivity index (χ1n) is 6.46. The topological polar surface area (TPSA) is 60.0 Å². The molecule has 2 aromatic rings. The summed E-state index contributed by atoms with van der Waals surface area (Å²) in [5.74, 6) is 0.585. The lowest BCUT2D eigenvalue weighted by molar-refractivity contribution is 0.413. The van der Waals surface area contributed by atoms with Crippen molar-refractivity contribution >= 4 is 5.69 Å². The molecule has 21 heavy (non-hydrogen) atoms. The van der Waals surface area contributed by atoms with Gasteiger partial charge in [-0.2, -0.15) is 10.5 Å². The Morgan fingerprint density at radius 3 is 2.33 bits per heavy atom. The fourth-order valence-electron chi connectivity index (χ4n) is 2.10. The minimum atomic E-state index is 0.531. The third-order valence-electron chi connectivity index (χ3n) is 3.24. The molecule has 0 spiro atoms. The monoisotopic (exact) mass is 277 g/mol. The Labute approximate surface area is 124 Å². The molecule has 0 saturated carbocycles. The van der Waals surface area contributed by atoms with E-state index in [2.05, 4.69) is 17.0 Å². The molecular formula is C17H15N3O. The molecule has 0 radical (unpaired) electrons. The van der Waals surface area contributed by atoms with Crippen molar-refractivity contribution in [1.29, 1.82) is 10.5 Å². The van der Waals surface area contributed by atoms with Gasteiger partial charge in [-0.05, 0) is 42.0 Å². The number of ether oxygens (including phenoxy) is 1. The molecule has 0 atom stereocenters. The molecule has 0 heterocycles. The Morgan fingerprint density at radius 1 is 1.05 bits per heavy atom. The minimum Gasteiger partial charge on any atom is -0.495 e. The van der Waals surface area contributed by atoms with E-state index in [1.165, 1.54) is 0 Å². The van der Waals surface area contributed by atoms with E-state index in [1.54, 1.807) is 25.3 Å². The van der Waals surface area contributed by atoms with E-state index < -0.39 is 0 Å². The van der Waals surface area contributed by atoms with Gasteiger partial charge >= 0.3 is 0 Å². The molecule has 4 heteroatoms. The number of benzene rings is 2. The molecule has 0 aliphatic carbocycles. The van der Waals surface area contributed by atoms with Gasteiger partial charge in [-0.25, -0.2) is 0 Å². The average molecular weight is 277 g/mol. The van der Waals surface area contributed by atoms with Crippen molar-refractivity contribution < 1.29 is 4.74 Å². The highest BCUT2D eigenvalue weighted by molar-refractivity contribution is 5.51. The van der Waals surface area contributed by atoms with Crippen LogP contribution in [0.3, 0.4) is 0 Å². The quantitative estimate of drug-likeness (QED) is 0.861. The highest BCUT2D eigenvalue weighted by Gasteiger charge is 2.07. The zero-order valence-electron chi connectivity index (χ0n) is 12.0. The third-order valence-corrected chi connectivity index (χ3v) is 3.24. The van der Waals surface area contributed by atoms with E-state index in [1.807, 2.05) is 31.3 Å². The van der Waals surface area contributed by atoms with Gasteiger partial charge in [0.15, 0.2) is 0 Å². The highest BCUT2D eigenvalue weighted by Crippen LogP contribution is 2.21. The van der Waals surface area contributed by atoms with Crippen LogP contribution >= 0.6 is 0 Å². The van der Waals surface area contributed by atoms with Crippen LogP contribution < -0.4 is 9.64 Å². The van der Waals surface area contributed by atoms with Gasteiger partial charge in [-0.3, -0.25) is 0 Å². The molecule has 4 nitrogen and oxygen atoms in total. The Bertz CT molecular complexity index is 708. The van der Waals surface area contributed by atoms with E-state index >= 15 is 0 Å². The first kappa shape index (κ1) is 14.4. The van der Waals surface area contributed by atoms with Gasteiger partial charge in [0.2, 0.25) is 0 Å². The maximum Gasteiger partial charge on any atom is 0.136 e. The van der Waals surface area contributed by atoms with Crippen molar-refractivity contribution in [2.45, 2.75) is 6.54 Å². The number of nitriles is 2. The number of hydrogen-bond donors (Lipinski definition) is 0. The summed E-state index contributed by atoms with van der Waals surface area (Å²) in [7, 11) is 3.52. The number of anilines is 1. The third kappa shape index (κ3) is 3.32. The summed E-state index contributed by atoms with van der Waals surface area (Å²) in [5, 5.41) is 17.9. The van der Waals surface area contributed by atoms with Gasteiger partial charge in [0.1, 0.15) is 11.8 Å². The van der Waals surface area contributed by atoms with E-state index in [4.69, 9.17) is 15.3 Å².